The van der Waals surface area contributed by atoms with Crippen molar-refractivity contribution in [2.24, 2.45) is 0 Å². The van der Waals surface area contributed by atoms with Crippen LogP contribution in [0.1, 0.15) is 11.1 Å². The summed E-state index contributed by atoms with van der Waals surface area (Å²) < 4.78 is 0. The van der Waals surface area contributed by atoms with Crippen LogP contribution < -0.4 is 10.6 Å². The van der Waals surface area contributed by atoms with Gasteiger partial charge < -0.3 is 15.5 Å². The fourth-order valence-corrected chi connectivity index (χ4v) is 2.17. The van der Waals surface area contributed by atoms with E-state index >= 15 is 0 Å². The lowest BCUT2D eigenvalue weighted by Crippen LogP contribution is -2.46. The van der Waals surface area contributed by atoms with Gasteiger partial charge in [-0.1, -0.05) is 6.07 Å². The van der Waals surface area contributed by atoms with Gasteiger partial charge in [0.15, 0.2) is 0 Å². The van der Waals surface area contributed by atoms with Gasteiger partial charge in [0.1, 0.15) is 11.6 Å². The number of hydrogen-bond donors (Lipinski definition) is 2. The molecule has 21 heavy (non-hydrogen) atoms. The average Bonchev–Trinajstić information content (AvgIpc) is 2.52. The Morgan fingerprint density at radius 3 is 2.67 bits per heavy atom. The Labute approximate surface area is 125 Å². The number of amides is 1. The van der Waals surface area contributed by atoms with E-state index in [0.29, 0.717) is 13.1 Å². The van der Waals surface area contributed by atoms with Gasteiger partial charge in [0, 0.05) is 38.1 Å². The first-order valence-corrected chi connectivity index (χ1v) is 7.06. The third-order valence-corrected chi connectivity index (χ3v) is 3.65. The predicted octanol–water partition coefficient (Wildman–Crippen LogP) is 1.55. The standard InChI is InChI=1S/C16H20N4O/c1-12-3-4-15(9-13(12)2)19-11-14(10-17)16(21)20-7-5-18-6-8-20/h3-4,9,11,18-19H,5-8H2,1-2H3/b14-11-. The second-order valence-corrected chi connectivity index (χ2v) is 5.16. The number of benzene rings is 1. The van der Waals surface area contributed by atoms with Gasteiger partial charge in [-0.25, -0.2) is 0 Å². The number of anilines is 1. The maximum atomic E-state index is 12.2. The molecule has 2 N–H and O–H groups in total. The van der Waals surface area contributed by atoms with Crippen molar-refractivity contribution in [1.29, 1.82) is 5.26 Å². The van der Waals surface area contributed by atoms with Gasteiger partial charge in [-0.2, -0.15) is 5.26 Å². The minimum atomic E-state index is -0.213. The number of rotatable bonds is 3. The first kappa shape index (κ1) is 15.1. The fourth-order valence-electron chi connectivity index (χ4n) is 2.17. The Hall–Kier alpha value is -2.32. The van der Waals surface area contributed by atoms with Crippen molar-refractivity contribution in [3.05, 3.63) is 41.1 Å². The van der Waals surface area contributed by atoms with Crippen molar-refractivity contribution in [1.82, 2.24) is 10.2 Å². The Bertz CT molecular complexity index is 595. The van der Waals surface area contributed by atoms with Crippen LogP contribution in [0.15, 0.2) is 30.0 Å². The summed E-state index contributed by atoms with van der Waals surface area (Å²) in [6.07, 6.45) is 1.49. The molecule has 1 fully saturated rings. The van der Waals surface area contributed by atoms with Crippen LogP contribution in [-0.2, 0) is 4.79 Å². The quantitative estimate of drug-likeness (QED) is 0.653. The molecule has 0 atom stereocenters. The summed E-state index contributed by atoms with van der Waals surface area (Å²) in [5.74, 6) is -0.213. The molecule has 0 aliphatic carbocycles. The van der Waals surface area contributed by atoms with Crippen LogP contribution in [0.5, 0.6) is 0 Å². The van der Waals surface area contributed by atoms with E-state index in [9.17, 15) is 10.1 Å². The third kappa shape index (κ3) is 3.83. The summed E-state index contributed by atoms with van der Waals surface area (Å²) in [6.45, 7) is 6.90. The molecular formula is C16H20N4O. The van der Waals surface area contributed by atoms with E-state index in [4.69, 9.17) is 0 Å². The summed E-state index contributed by atoms with van der Waals surface area (Å²) in [7, 11) is 0. The second kappa shape index (κ2) is 6.91. The summed E-state index contributed by atoms with van der Waals surface area (Å²) in [4.78, 5) is 13.9. The van der Waals surface area contributed by atoms with Gasteiger partial charge in [-0.3, -0.25) is 4.79 Å². The molecule has 0 saturated carbocycles. The Morgan fingerprint density at radius 2 is 2.05 bits per heavy atom. The van der Waals surface area contributed by atoms with Crippen LogP contribution in [0.25, 0.3) is 0 Å². The van der Waals surface area contributed by atoms with Gasteiger partial charge >= 0.3 is 0 Å². The molecule has 2 rings (SSSR count). The van der Waals surface area contributed by atoms with Gasteiger partial charge in [0.05, 0.1) is 0 Å². The molecule has 1 amide bonds. The lowest BCUT2D eigenvalue weighted by molar-refractivity contribution is -0.127. The molecule has 1 aliphatic rings. The van der Waals surface area contributed by atoms with E-state index in [1.54, 1.807) is 4.90 Å². The third-order valence-electron chi connectivity index (χ3n) is 3.65. The topological polar surface area (TPSA) is 68.2 Å². The van der Waals surface area contributed by atoms with Gasteiger partial charge in [0.2, 0.25) is 0 Å². The number of piperazine rings is 1. The van der Waals surface area contributed by atoms with E-state index in [2.05, 4.69) is 10.6 Å². The fraction of sp³-hybridized carbons (Fsp3) is 0.375. The van der Waals surface area contributed by atoms with Crippen LogP contribution >= 0.6 is 0 Å². The second-order valence-electron chi connectivity index (χ2n) is 5.16. The smallest absolute Gasteiger partial charge is 0.266 e. The molecule has 1 heterocycles. The molecule has 0 aromatic heterocycles. The SMILES string of the molecule is Cc1ccc(N/C=C(/C#N)C(=O)N2CCNCC2)cc1C. The summed E-state index contributed by atoms with van der Waals surface area (Å²) in [5, 5.41) is 15.4. The first-order chi connectivity index (χ1) is 10.1. The number of carbonyl (C=O) groups excluding carboxylic acids is 1. The van der Waals surface area contributed by atoms with Crippen molar-refractivity contribution >= 4 is 11.6 Å². The predicted molar refractivity (Wildman–Crippen MR) is 82.7 cm³/mol. The molecule has 1 saturated heterocycles. The van der Waals surface area contributed by atoms with Gasteiger partial charge in [0.25, 0.3) is 5.91 Å². The molecule has 1 aliphatic heterocycles. The highest BCUT2D eigenvalue weighted by Crippen LogP contribution is 2.14. The number of aryl methyl sites for hydroxylation is 2. The van der Waals surface area contributed by atoms with Crippen LogP contribution in [0.2, 0.25) is 0 Å². The number of nitriles is 1. The Balaban J connectivity index is 2.07. The van der Waals surface area contributed by atoms with Crippen molar-refractivity contribution in [2.45, 2.75) is 13.8 Å². The zero-order valence-corrected chi connectivity index (χ0v) is 12.4. The molecule has 5 heteroatoms. The van der Waals surface area contributed by atoms with Crippen LogP contribution in [-0.4, -0.2) is 37.0 Å². The lowest BCUT2D eigenvalue weighted by Gasteiger charge is -2.27. The zero-order chi connectivity index (χ0) is 15.2. The molecule has 1 aromatic rings. The van der Waals surface area contributed by atoms with E-state index in [-0.39, 0.29) is 11.5 Å². The number of carbonyl (C=O) groups is 1. The normalized spacial score (nSPS) is 15.5. The first-order valence-electron chi connectivity index (χ1n) is 7.06. The van der Waals surface area contributed by atoms with Crippen molar-refractivity contribution in [3.63, 3.8) is 0 Å². The minimum absolute atomic E-state index is 0.134. The highest BCUT2D eigenvalue weighted by Gasteiger charge is 2.19. The van der Waals surface area contributed by atoms with E-state index in [0.717, 1.165) is 18.8 Å². The molecule has 110 valence electrons. The highest BCUT2D eigenvalue weighted by atomic mass is 16.2. The minimum Gasteiger partial charge on any atom is -0.360 e. The van der Waals surface area contributed by atoms with Gasteiger partial charge in [-0.15, -0.1) is 0 Å². The summed E-state index contributed by atoms with van der Waals surface area (Å²) >= 11 is 0. The summed E-state index contributed by atoms with van der Waals surface area (Å²) in [5.41, 5.74) is 3.39. The lowest BCUT2D eigenvalue weighted by atomic mass is 10.1. The summed E-state index contributed by atoms with van der Waals surface area (Å²) in [6, 6.07) is 7.92. The maximum Gasteiger partial charge on any atom is 0.266 e. The van der Waals surface area contributed by atoms with E-state index in [1.165, 1.54) is 17.3 Å². The molecule has 5 nitrogen and oxygen atoms in total. The van der Waals surface area contributed by atoms with Crippen LogP contribution in [0.4, 0.5) is 5.69 Å². The van der Waals surface area contributed by atoms with Crippen LogP contribution in [0, 0.1) is 25.2 Å². The van der Waals surface area contributed by atoms with Crippen molar-refractivity contribution in [2.75, 3.05) is 31.5 Å². The number of nitrogens with one attached hydrogen (secondary N) is 2. The molecule has 0 radical (unpaired) electrons. The highest BCUT2D eigenvalue weighted by molar-refractivity contribution is 5.97. The molecule has 1 aromatic carbocycles. The van der Waals surface area contributed by atoms with Gasteiger partial charge in [-0.05, 0) is 37.1 Å². The van der Waals surface area contributed by atoms with Crippen molar-refractivity contribution in [3.8, 4) is 6.07 Å². The van der Waals surface area contributed by atoms with E-state index < -0.39 is 0 Å². The Kier molecular flexibility index (Phi) is 4.96. The molecule has 0 bridgehead atoms. The number of hydrogen-bond acceptors (Lipinski definition) is 4. The van der Waals surface area contributed by atoms with Crippen LogP contribution in [0.3, 0.4) is 0 Å². The zero-order valence-electron chi connectivity index (χ0n) is 12.4. The average molecular weight is 284 g/mol. The van der Waals surface area contributed by atoms with Crippen molar-refractivity contribution < 1.29 is 4.79 Å². The molecule has 0 spiro atoms. The molecule has 0 unspecified atom stereocenters. The maximum absolute atomic E-state index is 12.2. The monoisotopic (exact) mass is 284 g/mol. The Morgan fingerprint density at radius 1 is 1.33 bits per heavy atom. The van der Waals surface area contributed by atoms with E-state index in [1.807, 2.05) is 38.1 Å². The number of nitrogens with zero attached hydrogens (tertiary/aromatic N) is 2. The molecular weight excluding hydrogens is 264 g/mol. The largest absolute Gasteiger partial charge is 0.360 e.